The molecule has 0 spiro atoms. The first-order valence-corrected chi connectivity index (χ1v) is 5.61. The molecule has 0 atom stereocenters. The van der Waals surface area contributed by atoms with Gasteiger partial charge in [-0.1, -0.05) is 0 Å². The molecule has 4 N–H and O–H groups in total. The maximum absolute atomic E-state index is 5.41. The van der Waals surface area contributed by atoms with Gasteiger partial charge in [0.15, 0.2) is 0 Å². The van der Waals surface area contributed by atoms with Crippen molar-refractivity contribution in [2.45, 2.75) is 38.8 Å². The zero-order valence-corrected chi connectivity index (χ0v) is 9.95. The van der Waals surface area contributed by atoms with E-state index in [0.717, 1.165) is 25.9 Å². The van der Waals surface area contributed by atoms with Gasteiger partial charge in [-0.05, 0) is 46.8 Å². The molecule has 0 aliphatic carbocycles. The van der Waals surface area contributed by atoms with Crippen molar-refractivity contribution in [1.82, 2.24) is 15.6 Å². The molecule has 0 aromatic heterocycles. The summed E-state index contributed by atoms with van der Waals surface area (Å²) in [5.74, 6) is 6.12. The minimum Gasteiger partial charge on any atom is -0.353 e. The molecule has 1 fully saturated rings. The summed E-state index contributed by atoms with van der Waals surface area (Å²) in [5, 5.41) is 3.19. The van der Waals surface area contributed by atoms with E-state index in [1.54, 1.807) is 0 Å². The summed E-state index contributed by atoms with van der Waals surface area (Å²) in [6, 6.07) is 0.754. The van der Waals surface area contributed by atoms with Crippen LogP contribution in [-0.4, -0.2) is 43.1 Å². The lowest BCUT2D eigenvalue weighted by Gasteiger charge is -2.27. The van der Waals surface area contributed by atoms with E-state index < -0.39 is 0 Å². The quantitative estimate of drug-likeness (QED) is 0.259. The summed E-state index contributed by atoms with van der Waals surface area (Å²) >= 11 is 0. The first-order chi connectivity index (χ1) is 7.11. The van der Waals surface area contributed by atoms with Crippen LogP contribution in [0.1, 0.15) is 26.7 Å². The van der Waals surface area contributed by atoms with Gasteiger partial charge in [-0.2, -0.15) is 0 Å². The monoisotopic (exact) mass is 213 g/mol. The van der Waals surface area contributed by atoms with Gasteiger partial charge in [-0.3, -0.25) is 5.43 Å². The molecule has 0 radical (unpaired) electrons. The van der Waals surface area contributed by atoms with Gasteiger partial charge in [0.05, 0.1) is 6.04 Å². The van der Waals surface area contributed by atoms with Gasteiger partial charge < -0.3 is 10.2 Å². The van der Waals surface area contributed by atoms with Crippen LogP contribution in [-0.2, 0) is 0 Å². The molecule has 15 heavy (non-hydrogen) atoms. The van der Waals surface area contributed by atoms with Gasteiger partial charge in [-0.15, -0.1) is 0 Å². The summed E-state index contributed by atoms with van der Waals surface area (Å²) in [5.41, 5.74) is 2.62. The number of nitrogens with one attached hydrogen (secondary N) is 2. The lowest BCUT2D eigenvalue weighted by atomic mass is 10.1. The second kappa shape index (κ2) is 5.92. The van der Waals surface area contributed by atoms with Crippen LogP contribution in [0.4, 0.5) is 0 Å². The highest BCUT2D eigenvalue weighted by molar-refractivity contribution is 5.79. The molecule has 1 aliphatic rings. The Morgan fingerprint density at radius 2 is 2.00 bits per heavy atom. The zero-order chi connectivity index (χ0) is 11.3. The predicted octanol–water partition coefficient (Wildman–Crippen LogP) is -0.102. The third-order valence-corrected chi connectivity index (χ3v) is 2.56. The molecule has 5 heteroatoms. The number of hydrogen-bond acceptors (Lipinski definition) is 3. The largest absolute Gasteiger partial charge is 0.353 e. The highest BCUT2D eigenvalue weighted by Crippen LogP contribution is 2.11. The van der Waals surface area contributed by atoms with Crippen molar-refractivity contribution in [2.24, 2.45) is 10.8 Å². The molecule has 1 saturated heterocycles. The zero-order valence-electron chi connectivity index (χ0n) is 9.95. The Morgan fingerprint density at radius 3 is 2.47 bits per heavy atom. The van der Waals surface area contributed by atoms with E-state index in [1.807, 2.05) is 0 Å². The molecule has 1 rings (SSSR count). The molecule has 0 bridgehead atoms. The van der Waals surface area contributed by atoms with E-state index >= 15 is 0 Å². The summed E-state index contributed by atoms with van der Waals surface area (Å²) in [7, 11) is 2.15. The van der Waals surface area contributed by atoms with Crippen LogP contribution in [0, 0.1) is 0 Å². The fourth-order valence-corrected chi connectivity index (χ4v) is 1.70. The van der Waals surface area contributed by atoms with Crippen LogP contribution in [0.2, 0.25) is 0 Å². The third kappa shape index (κ3) is 4.48. The normalized spacial score (nSPS) is 20.7. The number of piperidine rings is 1. The molecule has 0 saturated carbocycles. The predicted molar refractivity (Wildman–Crippen MR) is 63.5 cm³/mol. The van der Waals surface area contributed by atoms with E-state index in [-0.39, 0.29) is 0 Å². The molecule has 0 aromatic rings. The average Bonchev–Trinajstić information content (AvgIpc) is 2.19. The van der Waals surface area contributed by atoms with Crippen molar-refractivity contribution in [2.75, 3.05) is 20.1 Å². The average molecular weight is 213 g/mol. The highest BCUT2D eigenvalue weighted by Gasteiger charge is 2.16. The van der Waals surface area contributed by atoms with Crippen LogP contribution in [0.3, 0.4) is 0 Å². The fraction of sp³-hybridized carbons (Fsp3) is 0.900. The first kappa shape index (κ1) is 12.3. The van der Waals surface area contributed by atoms with Crippen LogP contribution in [0.5, 0.6) is 0 Å². The number of aliphatic imine (C=N–C) groups is 1. The number of likely N-dealkylation sites (tertiary alicyclic amines) is 1. The van der Waals surface area contributed by atoms with Crippen molar-refractivity contribution in [1.29, 1.82) is 0 Å². The molecule has 88 valence electrons. The lowest BCUT2D eigenvalue weighted by molar-refractivity contribution is 0.256. The number of hydrogen-bond donors (Lipinski definition) is 3. The Hall–Kier alpha value is -0.810. The first-order valence-electron chi connectivity index (χ1n) is 5.61. The molecule has 1 heterocycles. The van der Waals surface area contributed by atoms with Gasteiger partial charge >= 0.3 is 0 Å². The van der Waals surface area contributed by atoms with Crippen molar-refractivity contribution in [3.63, 3.8) is 0 Å². The van der Waals surface area contributed by atoms with Gasteiger partial charge in [0, 0.05) is 6.04 Å². The minimum absolute atomic E-state index is 0.353. The van der Waals surface area contributed by atoms with Crippen LogP contribution in [0.25, 0.3) is 0 Å². The maximum Gasteiger partial charge on any atom is 0.206 e. The second-order valence-corrected chi connectivity index (χ2v) is 4.46. The van der Waals surface area contributed by atoms with Gasteiger partial charge in [0.1, 0.15) is 0 Å². The van der Waals surface area contributed by atoms with Gasteiger partial charge in [0.2, 0.25) is 5.96 Å². The molecule has 0 amide bonds. The minimum atomic E-state index is 0.353. The number of guanidine groups is 1. The number of hydrazine groups is 1. The molecule has 0 unspecified atom stereocenters. The molecule has 5 nitrogen and oxygen atoms in total. The van der Waals surface area contributed by atoms with E-state index in [1.165, 1.54) is 0 Å². The molecular formula is C10H23N5. The number of nitrogens with two attached hydrogens (primary N) is 1. The Morgan fingerprint density at radius 1 is 1.40 bits per heavy atom. The Kier molecular flexibility index (Phi) is 4.84. The van der Waals surface area contributed by atoms with Crippen molar-refractivity contribution in [3.8, 4) is 0 Å². The maximum atomic E-state index is 5.41. The lowest BCUT2D eigenvalue weighted by Crippen LogP contribution is -2.46. The van der Waals surface area contributed by atoms with E-state index in [0.29, 0.717) is 18.0 Å². The molecule has 1 aliphatic heterocycles. The third-order valence-electron chi connectivity index (χ3n) is 2.56. The fourth-order valence-electron chi connectivity index (χ4n) is 1.70. The van der Waals surface area contributed by atoms with E-state index in [4.69, 9.17) is 5.84 Å². The van der Waals surface area contributed by atoms with E-state index in [9.17, 15) is 0 Å². The number of nitrogens with zero attached hydrogens (tertiary/aromatic N) is 2. The van der Waals surface area contributed by atoms with Crippen molar-refractivity contribution >= 4 is 5.96 Å². The Bertz CT molecular complexity index is 206. The Labute approximate surface area is 92.1 Å². The van der Waals surface area contributed by atoms with Gasteiger partial charge in [0.25, 0.3) is 0 Å². The summed E-state index contributed by atoms with van der Waals surface area (Å²) in [4.78, 5) is 6.90. The van der Waals surface area contributed by atoms with Crippen LogP contribution >= 0.6 is 0 Å². The van der Waals surface area contributed by atoms with Crippen molar-refractivity contribution in [3.05, 3.63) is 0 Å². The topological polar surface area (TPSA) is 65.7 Å². The SMILES string of the molecule is CC(C)NC(=NC1CCN(C)CC1)NN. The molecular weight excluding hydrogens is 190 g/mol. The smallest absolute Gasteiger partial charge is 0.206 e. The number of rotatable bonds is 2. The highest BCUT2D eigenvalue weighted by atomic mass is 15.3. The van der Waals surface area contributed by atoms with Crippen molar-refractivity contribution < 1.29 is 0 Å². The van der Waals surface area contributed by atoms with Crippen LogP contribution < -0.4 is 16.6 Å². The summed E-state index contributed by atoms with van der Waals surface area (Å²) in [6.45, 7) is 6.38. The second-order valence-electron chi connectivity index (χ2n) is 4.46. The van der Waals surface area contributed by atoms with Crippen LogP contribution in [0.15, 0.2) is 4.99 Å². The molecule has 0 aromatic carbocycles. The standard InChI is InChI=1S/C10H23N5/c1-8(2)12-10(14-11)13-9-4-6-15(3)7-5-9/h8-9H,4-7,11H2,1-3H3,(H2,12,13,14). The summed E-state index contributed by atoms with van der Waals surface area (Å²) in [6.07, 6.45) is 2.23. The Balaban J connectivity index is 2.44. The van der Waals surface area contributed by atoms with E-state index in [2.05, 4.69) is 41.5 Å². The van der Waals surface area contributed by atoms with Gasteiger partial charge in [-0.25, -0.2) is 10.8 Å². The summed E-state index contributed by atoms with van der Waals surface area (Å²) < 4.78 is 0.